The minimum absolute atomic E-state index is 0.113. The summed E-state index contributed by atoms with van der Waals surface area (Å²) in [5.41, 5.74) is 0.589. The number of benzene rings is 1. The summed E-state index contributed by atoms with van der Waals surface area (Å²) in [5, 5.41) is 9.75. The van der Waals surface area contributed by atoms with Crippen molar-refractivity contribution in [1.82, 2.24) is 0 Å². The minimum atomic E-state index is -0.113. The Kier molecular flexibility index (Phi) is 2.55. The fourth-order valence-electron chi connectivity index (χ4n) is 0.683. The number of aliphatic hydroxyl groups is 1. The van der Waals surface area contributed by atoms with Crippen molar-refractivity contribution in [2.24, 2.45) is 0 Å². The SMILES string of the molecule is O[14CH2]c1c(Cl)cccc1Cl. The molecule has 0 atom stereocenters. The standard InChI is InChI=1S/C7H6Cl2O/c8-6-2-1-3-7(9)5(6)4-10/h1-3,10H,4H2/i4+2. The van der Waals surface area contributed by atoms with Crippen LogP contribution in [0.1, 0.15) is 5.56 Å². The van der Waals surface area contributed by atoms with Crippen LogP contribution in [0.25, 0.3) is 0 Å². The molecule has 1 rings (SSSR count). The minimum Gasteiger partial charge on any atom is -0.392 e. The summed E-state index contributed by atoms with van der Waals surface area (Å²) in [5.74, 6) is 0. The third-order valence-electron chi connectivity index (χ3n) is 1.22. The Labute approximate surface area is 69.2 Å². The third-order valence-corrected chi connectivity index (χ3v) is 1.93. The van der Waals surface area contributed by atoms with Crippen LogP contribution in [0.2, 0.25) is 10.0 Å². The largest absolute Gasteiger partial charge is 0.392 e. The van der Waals surface area contributed by atoms with Gasteiger partial charge in [-0.25, -0.2) is 0 Å². The first-order valence-electron chi connectivity index (χ1n) is 2.79. The van der Waals surface area contributed by atoms with E-state index < -0.39 is 0 Å². The van der Waals surface area contributed by atoms with Gasteiger partial charge in [-0.15, -0.1) is 0 Å². The fraction of sp³-hybridized carbons (Fsp3) is 0.143. The summed E-state index contributed by atoms with van der Waals surface area (Å²) in [4.78, 5) is 0. The van der Waals surface area contributed by atoms with Crippen molar-refractivity contribution < 1.29 is 5.11 Å². The van der Waals surface area contributed by atoms with E-state index in [2.05, 4.69) is 0 Å². The Morgan fingerprint density at radius 2 is 1.70 bits per heavy atom. The molecule has 10 heavy (non-hydrogen) atoms. The summed E-state index contributed by atoms with van der Waals surface area (Å²) in [6, 6.07) is 5.13. The Morgan fingerprint density at radius 3 is 2.00 bits per heavy atom. The number of hydrogen-bond acceptors (Lipinski definition) is 1. The Balaban J connectivity index is 3.17. The summed E-state index contributed by atoms with van der Waals surface area (Å²) >= 11 is 11.4. The molecule has 0 aliphatic rings. The molecule has 1 nitrogen and oxygen atoms in total. The van der Waals surface area contributed by atoms with Crippen molar-refractivity contribution in [3.63, 3.8) is 0 Å². The smallest absolute Gasteiger partial charge is 0.0711 e. The maximum atomic E-state index is 8.73. The first-order valence-corrected chi connectivity index (χ1v) is 3.55. The molecule has 0 saturated carbocycles. The van der Waals surface area contributed by atoms with E-state index in [1.807, 2.05) is 0 Å². The number of halogens is 2. The van der Waals surface area contributed by atoms with E-state index in [-0.39, 0.29) is 6.61 Å². The summed E-state index contributed by atoms with van der Waals surface area (Å²) in [6.45, 7) is -0.113. The van der Waals surface area contributed by atoms with E-state index >= 15 is 0 Å². The van der Waals surface area contributed by atoms with Crippen LogP contribution in [0.3, 0.4) is 0 Å². The molecule has 0 heterocycles. The average Bonchev–Trinajstić information content (AvgIpc) is 1.88. The zero-order valence-electron chi connectivity index (χ0n) is 5.14. The summed E-state index contributed by atoms with van der Waals surface area (Å²) in [6.07, 6.45) is 0. The molecule has 1 aromatic rings. The van der Waals surface area contributed by atoms with Gasteiger partial charge in [0.1, 0.15) is 0 Å². The second kappa shape index (κ2) is 3.24. The molecular weight excluding hydrogens is 173 g/mol. The van der Waals surface area contributed by atoms with Crippen LogP contribution >= 0.6 is 23.2 Å². The van der Waals surface area contributed by atoms with E-state index in [1.165, 1.54) is 0 Å². The van der Waals surface area contributed by atoms with Crippen LogP contribution < -0.4 is 0 Å². The van der Waals surface area contributed by atoms with E-state index in [9.17, 15) is 0 Å². The lowest BCUT2D eigenvalue weighted by molar-refractivity contribution is 0.282. The third kappa shape index (κ3) is 1.43. The Morgan fingerprint density at radius 1 is 1.20 bits per heavy atom. The molecule has 1 aromatic carbocycles. The van der Waals surface area contributed by atoms with Gasteiger partial charge in [0.05, 0.1) is 6.61 Å². The predicted molar refractivity (Wildman–Crippen MR) is 42.4 cm³/mol. The monoisotopic (exact) mass is 178 g/mol. The lowest BCUT2D eigenvalue weighted by Gasteiger charge is -2.00. The number of aliphatic hydroxyl groups excluding tert-OH is 1. The van der Waals surface area contributed by atoms with Crippen LogP contribution in [0.5, 0.6) is 0 Å². The van der Waals surface area contributed by atoms with Crippen LogP contribution in [-0.2, 0) is 6.61 Å². The molecule has 0 amide bonds. The second-order valence-electron chi connectivity index (χ2n) is 1.86. The van der Waals surface area contributed by atoms with E-state index in [1.54, 1.807) is 18.2 Å². The fourth-order valence-corrected chi connectivity index (χ4v) is 1.20. The van der Waals surface area contributed by atoms with E-state index in [0.29, 0.717) is 15.6 Å². The first kappa shape index (κ1) is 7.86. The highest BCUT2D eigenvalue weighted by atomic mass is 35.5. The normalized spacial score (nSPS) is 9.90. The summed E-state index contributed by atoms with van der Waals surface area (Å²) in [7, 11) is 0. The molecule has 1 N–H and O–H groups in total. The van der Waals surface area contributed by atoms with Crippen molar-refractivity contribution in [3.05, 3.63) is 33.8 Å². The number of rotatable bonds is 1. The lowest BCUT2D eigenvalue weighted by atomic mass is 10.3. The van der Waals surface area contributed by atoms with Gasteiger partial charge >= 0.3 is 0 Å². The van der Waals surface area contributed by atoms with Gasteiger partial charge in [0.2, 0.25) is 0 Å². The van der Waals surface area contributed by atoms with E-state index in [0.717, 1.165) is 0 Å². The highest BCUT2D eigenvalue weighted by molar-refractivity contribution is 6.35. The lowest BCUT2D eigenvalue weighted by Crippen LogP contribution is -1.84. The molecule has 0 unspecified atom stereocenters. The zero-order chi connectivity index (χ0) is 7.56. The van der Waals surface area contributed by atoms with Gasteiger partial charge < -0.3 is 5.11 Å². The van der Waals surface area contributed by atoms with Crippen molar-refractivity contribution in [3.8, 4) is 0 Å². The molecule has 0 spiro atoms. The van der Waals surface area contributed by atoms with Gasteiger partial charge in [-0.1, -0.05) is 29.3 Å². The first-order chi connectivity index (χ1) is 4.75. The maximum Gasteiger partial charge on any atom is 0.0711 e. The second-order valence-corrected chi connectivity index (χ2v) is 2.67. The van der Waals surface area contributed by atoms with Gasteiger partial charge in [0.15, 0.2) is 0 Å². The van der Waals surface area contributed by atoms with Gasteiger partial charge in [-0.3, -0.25) is 0 Å². The van der Waals surface area contributed by atoms with Crippen LogP contribution in [0, 0.1) is 0 Å². The molecule has 0 aromatic heterocycles. The van der Waals surface area contributed by atoms with Crippen molar-refractivity contribution >= 4 is 23.2 Å². The Hall–Kier alpha value is -0.240. The van der Waals surface area contributed by atoms with Crippen molar-refractivity contribution in [1.29, 1.82) is 0 Å². The molecule has 0 radical (unpaired) electrons. The molecule has 0 aliphatic heterocycles. The molecule has 54 valence electrons. The predicted octanol–water partition coefficient (Wildman–Crippen LogP) is 2.49. The highest BCUT2D eigenvalue weighted by Gasteiger charge is 2.01. The molecule has 0 bridgehead atoms. The molecular formula is C7H6Cl2O. The molecule has 0 fully saturated rings. The van der Waals surface area contributed by atoms with Crippen LogP contribution in [0.4, 0.5) is 0 Å². The van der Waals surface area contributed by atoms with Gasteiger partial charge in [-0.05, 0) is 12.1 Å². The van der Waals surface area contributed by atoms with Gasteiger partial charge in [0, 0.05) is 15.6 Å². The average molecular weight is 179 g/mol. The van der Waals surface area contributed by atoms with Crippen molar-refractivity contribution in [2.45, 2.75) is 6.61 Å². The van der Waals surface area contributed by atoms with Gasteiger partial charge in [-0.2, -0.15) is 0 Å². The zero-order valence-corrected chi connectivity index (χ0v) is 6.65. The number of hydrogen-bond donors (Lipinski definition) is 1. The van der Waals surface area contributed by atoms with Gasteiger partial charge in [0.25, 0.3) is 0 Å². The molecule has 3 heteroatoms. The van der Waals surface area contributed by atoms with Crippen LogP contribution in [0.15, 0.2) is 18.2 Å². The van der Waals surface area contributed by atoms with Crippen LogP contribution in [-0.4, -0.2) is 5.11 Å². The topological polar surface area (TPSA) is 20.2 Å². The summed E-state index contributed by atoms with van der Waals surface area (Å²) < 4.78 is 0. The quantitative estimate of drug-likeness (QED) is 0.701. The Bertz CT molecular complexity index is 215. The maximum absolute atomic E-state index is 8.73. The van der Waals surface area contributed by atoms with Crippen molar-refractivity contribution in [2.75, 3.05) is 0 Å². The molecule has 0 aliphatic carbocycles. The van der Waals surface area contributed by atoms with E-state index in [4.69, 9.17) is 28.3 Å². The molecule has 0 saturated heterocycles. The highest BCUT2D eigenvalue weighted by Crippen LogP contribution is 2.23.